The van der Waals surface area contributed by atoms with Crippen LogP contribution in [0.4, 0.5) is 0 Å². The summed E-state index contributed by atoms with van der Waals surface area (Å²) in [7, 11) is 0. The summed E-state index contributed by atoms with van der Waals surface area (Å²) in [6.45, 7) is 0. The SMILES string of the molecule is O=C(NN=Cc1ccccn1)c1cc(-c2cc[nH+]cc2)nc2ccccc12. The maximum atomic E-state index is 12.8. The number of carbonyl (C=O) groups excluding carboxylic acids is 1. The first-order valence-electron chi connectivity index (χ1n) is 8.42. The Hall–Kier alpha value is -3.93. The molecule has 130 valence electrons. The van der Waals surface area contributed by atoms with Gasteiger partial charge in [-0.15, -0.1) is 0 Å². The highest BCUT2D eigenvalue weighted by atomic mass is 16.2. The van der Waals surface area contributed by atoms with Gasteiger partial charge in [0.15, 0.2) is 12.4 Å². The van der Waals surface area contributed by atoms with Crippen LogP contribution in [-0.2, 0) is 0 Å². The van der Waals surface area contributed by atoms with Crippen molar-refractivity contribution in [2.45, 2.75) is 0 Å². The molecule has 3 heterocycles. The number of fused-ring (bicyclic) bond motifs is 1. The minimum Gasteiger partial charge on any atom is -0.267 e. The van der Waals surface area contributed by atoms with Gasteiger partial charge >= 0.3 is 0 Å². The van der Waals surface area contributed by atoms with Crippen LogP contribution in [0.15, 0.2) is 84.4 Å². The molecule has 1 amide bonds. The molecule has 0 atom stereocenters. The van der Waals surface area contributed by atoms with Crippen LogP contribution < -0.4 is 10.4 Å². The number of rotatable bonds is 4. The zero-order valence-corrected chi connectivity index (χ0v) is 14.3. The monoisotopic (exact) mass is 354 g/mol. The smallest absolute Gasteiger partial charge is 0.267 e. The van der Waals surface area contributed by atoms with Crippen LogP contribution in [0, 0.1) is 0 Å². The first-order chi connectivity index (χ1) is 13.3. The molecule has 0 aliphatic heterocycles. The lowest BCUT2D eigenvalue weighted by Gasteiger charge is -2.08. The fourth-order valence-electron chi connectivity index (χ4n) is 2.74. The number of para-hydroxylation sites is 1. The van der Waals surface area contributed by atoms with Crippen LogP contribution in [0.1, 0.15) is 16.1 Å². The lowest BCUT2D eigenvalue weighted by atomic mass is 10.0. The van der Waals surface area contributed by atoms with Crippen LogP contribution in [0.3, 0.4) is 0 Å². The molecule has 0 aliphatic rings. The van der Waals surface area contributed by atoms with E-state index in [0.29, 0.717) is 11.3 Å². The van der Waals surface area contributed by atoms with Crippen molar-refractivity contribution in [3.63, 3.8) is 0 Å². The largest absolute Gasteiger partial charge is 0.272 e. The Morgan fingerprint density at radius 2 is 1.85 bits per heavy atom. The average molecular weight is 354 g/mol. The third kappa shape index (κ3) is 3.69. The Kier molecular flexibility index (Phi) is 4.61. The summed E-state index contributed by atoms with van der Waals surface area (Å²) >= 11 is 0. The molecule has 0 aliphatic carbocycles. The molecular weight excluding hydrogens is 338 g/mol. The number of carbonyl (C=O) groups is 1. The van der Waals surface area contributed by atoms with Gasteiger partial charge in [0.1, 0.15) is 0 Å². The van der Waals surface area contributed by atoms with E-state index in [9.17, 15) is 4.79 Å². The van der Waals surface area contributed by atoms with Gasteiger partial charge in [-0.2, -0.15) is 5.10 Å². The van der Waals surface area contributed by atoms with Crippen LogP contribution in [0.25, 0.3) is 22.2 Å². The number of hydrazone groups is 1. The molecule has 0 spiro atoms. The van der Waals surface area contributed by atoms with Crippen molar-refractivity contribution in [2.75, 3.05) is 0 Å². The summed E-state index contributed by atoms with van der Waals surface area (Å²) in [5, 5.41) is 4.79. The molecule has 1 aromatic carbocycles. The number of nitrogens with zero attached hydrogens (tertiary/aromatic N) is 3. The number of amides is 1. The second-order valence-electron chi connectivity index (χ2n) is 5.81. The number of benzene rings is 1. The van der Waals surface area contributed by atoms with Gasteiger partial charge in [-0.3, -0.25) is 9.78 Å². The fourth-order valence-corrected chi connectivity index (χ4v) is 2.74. The zero-order valence-electron chi connectivity index (χ0n) is 14.3. The minimum atomic E-state index is -0.301. The Morgan fingerprint density at radius 1 is 1.04 bits per heavy atom. The summed E-state index contributed by atoms with van der Waals surface area (Å²) in [5.74, 6) is -0.301. The van der Waals surface area contributed by atoms with Gasteiger partial charge in [-0.25, -0.2) is 15.4 Å². The van der Waals surface area contributed by atoms with Crippen molar-refractivity contribution >= 4 is 23.0 Å². The number of aromatic nitrogens is 3. The summed E-state index contributed by atoms with van der Waals surface area (Å²) in [6.07, 6.45) is 6.82. The molecule has 3 aromatic heterocycles. The van der Waals surface area contributed by atoms with Crippen molar-refractivity contribution in [3.05, 3.63) is 90.5 Å². The van der Waals surface area contributed by atoms with Crippen LogP contribution >= 0.6 is 0 Å². The average Bonchev–Trinajstić information content (AvgIpc) is 2.74. The van der Waals surface area contributed by atoms with E-state index in [1.807, 2.05) is 67.0 Å². The standard InChI is InChI=1S/C21H15N5O/c27-21(26-24-14-16-5-3-4-10-23-16)18-13-20(15-8-11-22-12-9-15)25-19-7-2-1-6-17(18)19/h1-14H,(H,26,27)/p+1. The second kappa shape index (κ2) is 7.53. The van der Waals surface area contributed by atoms with Crippen molar-refractivity contribution < 1.29 is 9.78 Å². The van der Waals surface area contributed by atoms with Gasteiger partial charge < -0.3 is 0 Å². The number of hydrogen-bond donors (Lipinski definition) is 1. The van der Waals surface area contributed by atoms with E-state index in [1.54, 1.807) is 12.3 Å². The van der Waals surface area contributed by atoms with Crippen molar-refractivity contribution in [2.24, 2.45) is 5.10 Å². The maximum absolute atomic E-state index is 12.8. The summed E-state index contributed by atoms with van der Waals surface area (Å²) < 4.78 is 0. The molecule has 6 heteroatoms. The molecule has 0 radical (unpaired) electrons. The molecule has 4 aromatic rings. The van der Waals surface area contributed by atoms with Gasteiger partial charge in [0.25, 0.3) is 5.91 Å². The molecule has 27 heavy (non-hydrogen) atoms. The van der Waals surface area contributed by atoms with E-state index in [2.05, 4.69) is 25.5 Å². The molecular formula is C21H16N5O+. The van der Waals surface area contributed by atoms with Crippen molar-refractivity contribution in [1.82, 2.24) is 15.4 Å². The minimum absolute atomic E-state index is 0.301. The van der Waals surface area contributed by atoms with Gasteiger partial charge in [0.2, 0.25) is 0 Å². The van der Waals surface area contributed by atoms with Crippen molar-refractivity contribution in [3.8, 4) is 11.3 Å². The van der Waals surface area contributed by atoms with Gasteiger partial charge in [0.05, 0.1) is 28.7 Å². The first-order valence-corrected chi connectivity index (χ1v) is 8.42. The summed E-state index contributed by atoms with van der Waals surface area (Å²) in [6, 6.07) is 18.7. The third-order valence-corrected chi connectivity index (χ3v) is 4.03. The van der Waals surface area contributed by atoms with Crippen molar-refractivity contribution in [1.29, 1.82) is 0 Å². The highest BCUT2D eigenvalue weighted by Crippen LogP contribution is 2.24. The fraction of sp³-hybridized carbons (Fsp3) is 0. The van der Waals surface area contributed by atoms with Crippen LogP contribution in [0.2, 0.25) is 0 Å². The van der Waals surface area contributed by atoms with E-state index in [0.717, 1.165) is 22.2 Å². The van der Waals surface area contributed by atoms with E-state index >= 15 is 0 Å². The lowest BCUT2D eigenvalue weighted by Crippen LogP contribution is -2.18. The predicted molar refractivity (Wildman–Crippen MR) is 103 cm³/mol. The molecule has 0 unspecified atom stereocenters. The molecule has 0 bridgehead atoms. The zero-order chi connectivity index (χ0) is 18.5. The quantitative estimate of drug-likeness (QED) is 0.452. The van der Waals surface area contributed by atoms with E-state index in [1.165, 1.54) is 6.21 Å². The Labute approximate surface area is 155 Å². The molecule has 0 fully saturated rings. The maximum Gasteiger partial charge on any atom is 0.272 e. The van der Waals surface area contributed by atoms with Gasteiger partial charge in [-0.05, 0) is 24.3 Å². The predicted octanol–water partition coefficient (Wildman–Crippen LogP) is 2.87. The first kappa shape index (κ1) is 16.5. The van der Waals surface area contributed by atoms with E-state index < -0.39 is 0 Å². The normalized spacial score (nSPS) is 11.0. The van der Waals surface area contributed by atoms with Crippen LogP contribution in [-0.4, -0.2) is 22.1 Å². The lowest BCUT2D eigenvalue weighted by molar-refractivity contribution is -0.377. The van der Waals surface area contributed by atoms with Gasteiger partial charge in [0, 0.05) is 29.3 Å². The second-order valence-corrected chi connectivity index (χ2v) is 5.81. The Morgan fingerprint density at radius 3 is 2.67 bits per heavy atom. The Bertz CT molecular complexity index is 1110. The third-order valence-electron chi connectivity index (χ3n) is 4.03. The molecule has 6 nitrogen and oxygen atoms in total. The summed E-state index contributed by atoms with van der Waals surface area (Å²) in [4.78, 5) is 24.6. The highest BCUT2D eigenvalue weighted by molar-refractivity contribution is 6.07. The number of pyridine rings is 3. The number of nitrogens with one attached hydrogen (secondary N) is 2. The number of aromatic amines is 1. The summed E-state index contributed by atoms with van der Waals surface area (Å²) in [5.41, 5.74) is 6.15. The number of hydrogen-bond acceptors (Lipinski definition) is 4. The molecule has 4 rings (SSSR count). The molecule has 0 saturated carbocycles. The van der Waals surface area contributed by atoms with Crippen LogP contribution in [0.5, 0.6) is 0 Å². The van der Waals surface area contributed by atoms with Gasteiger partial charge in [-0.1, -0.05) is 24.3 Å². The molecule has 0 saturated heterocycles. The topological polar surface area (TPSA) is 81.4 Å². The van der Waals surface area contributed by atoms with E-state index in [-0.39, 0.29) is 5.91 Å². The number of H-pyrrole nitrogens is 1. The Balaban J connectivity index is 1.69. The van der Waals surface area contributed by atoms with E-state index in [4.69, 9.17) is 0 Å². The molecule has 2 N–H and O–H groups in total. The highest BCUT2D eigenvalue weighted by Gasteiger charge is 2.13.